The van der Waals surface area contributed by atoms with Crippen LogP contribution >= 0.6 is 0 Å². The van der Waals surface area contributed by atoms with Crippen LogP contribution in [0.15, 0.2) is 11.6 Å². The fourth-order valence-corrected chi connectivity index (χ4v) is 2.35. The molecule has 0 radical (unpaired) electrons. The van der Waals surface area contributed by atoms with Crippen molar-refractivity contribution in [3.05, 3.63) is 11.6 Å². The highest BCUT2D eigenvalue weighted by Crippen LogP contribution is 2.30. The Hall–Kier alpha value is -1.56. The highest BCUT2D eigenvalue weighted by atomic mass is 16.6. The number of aliphatic hydroxyl groups excluding tert-OH is 4. The molecule has 1 amide bonds. The fraction of sp³-hybridized carbons (Fsp3) is 0.714. The zero-order valence-corrected chi connectivity index (χ0v) is 13.4. The number of rotatable bonds is 6. The van der Waals surface area contributed by atoms with Gasteiger partial charge in [0, 0.05) is 12.5 Å². The minimum Gasteiger partial charge on any atom is -0.460 e. The lowest BCUT2D eigenvalue weighted by Crippen LogP contribution is -2.69. The van der Waals surface area contributed by atoms with E-state index in [-0.39, 0.29) is 18.8 Å². The summed E-state index contributed by atoms with van der Waals surface area (Å²) in [7, 11) is 0. The fourth-order valence-electron chi connectivity index (χ4n) is 2.35. The van der Waals surface area contributed by atoms with Crippen LogP contribution in [-0.2, 0) is 19.1 Å². The molecular formula is C14H23NO9. The molecular weight excluding hydrogens is 326 g/mol. The van der Waals surface area contributed by atoms with Crippen LogP contribution in [0.4, 0.5) is 0 Å². The van der Waals surface area contributed by atoms with Crippen LogP contribution in [0.3, 0.4) is 0 Å². The summed E-state index contributed by atoms with van der Waals surface area (Å²) in [5.41, 5.74) is -0.124. The monoisotopic (exact) mass is 349 g/mol. The average molecular weight is 349 g/mol. The lowest BCUT2D eigenvalue weighted by atomic mass is 9.89. The van der Waals surface area contributed by atoms with Crippen molar-refractivity contribution in [2.24, 2.45) is 0 Å². The van der Waals surface area contributed by atoms with Crippen LogP contribution in [0.1, 0.15) is 13.8 Å². The molecule has 138 valence electrons. The Morgan fingerprint density at radius 1 is 1.25 bits per heavy atom. The molecule has 1 rings (SSSR count). The summed E-state index contributed by atoms with van der Waals surface area (Å²) in [6.45, 7) is 1.07. The number of carbonyl (C=O) groups is 2. The topological polar surface area (TPSA) is 166 Å². The van der Waals surface area contributed by atoms with Crippen molar-refractivity contribution in [1.29, 1.82) is 0 Å². The smallest absolute Gasteiger partial charge is 0.333 e. The first kappa shape index (κ1) is 20.5. The molecule has 1 unspecified atom stereocenters. The van der Waals surface area contributed by atoms with Gasteiger partial charge in [-0.2, -0.15) is 0 Å². The molecule has 5 atom stereocenters. The van der Waals surface area contributed by atoms with Gasteiger partial charge in [-0.05, 0) is 13.0 Å². The molecule has 0 bridgehead atoms. The molecule has 24 heavy (non-hydrogen) atoms. The number of amides is 1. The standard InChI is InChI=1S/C14H23NO9/c1-7(13(21)23-4-3-16)5-14(22)12(15-8(2)18)11(20)10(19)9(6-17)24-14/h5,9-12,16-17,19-20,22H,3-4,6H2,1-2H3,(H,15,18)/b7-5+/t9-,10-,11+,12-,14?/m1/s1. The highest BCUT2D eigenvalue weighted by Gasteiger charge is 2.52. The Labute approximate surface area is 138 Å². The number of carbonyl (C=O) groups excluding carboxylic acids is 2. The molecule has 10 nitrogen and oxygen atoms in total. The number of aliphatic hydroxyl groups is 5. The normalized spacial score (nSPS) is 33.9. The molecule has 1 fully saturated rings. The molecule has 0 saturated carbocycles. The summed E-state index contributed by atoms with van der Waals surface area (Å²) < 4.78 is 9.88. The number of nitrogens with one attached hydrogen (secondary N) is 1. The maximum absolute atomic E-state index is 11.7. The van der Waals surface area contributed by atoms with Gasteiger partial charge in [0.15, 0.2) is 0 Å². The van der Waals surface area contributed by atoms with E-state index >= 15 is 0 Å². The van der Waals surface area contributed by atoms with Crippen molar-refractivity contribution < 1.29 is 44.6 Å². The first-order valence-electron chi connectivity index (χ1n) is 7.28. The van der Waals surface area contributed by atoms with Gasteiger partial charge in [0.2, 0.25) is 11.7 Å². The van der Waals surface area contributed by atoms with E-state index < -0.39 is 48.6 Å². The zero-order valence-electron chi connectivity index (χ0n) is 13.4. The lowest BCUT2D eigenvalue weighted by molar-refractivity contribution is -0.295. The second-order valence-corrected chi connectivity index (χ2v) is 5.44. The summed E-state index contributed by atoms with van der Waals surface area (Å²) in [5.74, 6) is -3.85. The Kier molecular flexibility index (Phi) is 7.27. The third-order valence-corrected chi connectivity index (χ3v) is 3.47. The molecule has 10 heteroatoms. The summed E-state index contributed by atoms with van der Waals surface area (Å²) in [6, 6.07) is -1.49. The van der Waals surface area contributed by atoms with Crippen LogP contribution < -0.4 is 5.32 Å². The van der Waals surface area contributed by atoms with E-state index in [1.807, 2.05) is 0 Å². The van der Waals surface area contributed by atoms with Crippen molar-refractivity contribution in [2.75, 3.05) is 19.8 Å². The molecule has 1 heterocycles. The van der Waals surface area contributed by atoms with Gasteiger partial charge in [-0.15, -0.1) is 0 Å². The number of esters is 1. The predicted molar refractivity (Wildman–Crippen MR) is 78.3 cm³/mol. The van der Waals surface area contributed by atoms with Gasteiger partial charge >= 0.3 is 5.97 Å². The van der Waals surface area contributed by atoms with Crippen LogP contribution in [0.25, 0.3) is 0 Å². The maximum atomic E-state index is 11.7. The summed E-state index contributed by atoms with van der Waals surface area (Å²) >= 11 is 0. The van der Waals surface area contributed by atoms with Crippen molar-refractivity contribution in [1.82, 2.24) is 5.32 Å². The average Bonchev–Trinajstić information content (AvgIpc) is 2.52. The highest BCUT2D eigenvalue weighted by molar-refractivity contribution is 5.88. The third-order valence-electron chi connectivity index (χ3n) is 3.47. The first-order chi connectivity index (χ1) is 11.2. The van der Waals surface area contributed by atoms with Crippen molar-refractivity contribution in [2.45, 2.75) is 44.0 Å². The lowest BCUT2D eigenvalue weighted by Gasteiger charge is -2.46. The largest absolute Gasteiger partial charge is 0.460 e. The molecule has 1 saturated heterocycles. The van der Waals surface area contributed by atoms with Crippen LogP contribution in [0.2, 0.25) is 0 Å². The van der Waals surface area contributed by atoms with Crippen LogP contribution in [0.5, 0.6) is 0 Å². The van der Waals surface area contributed by atoms with Crippen LogP contribution in [0, 0.1) is 0 Å². The SMILES string of the molecule is CC(=O)N[C@@H]1[C@@H](O)[C@H](O)[C@@H](CO)OC1(O)/C=C(\C)C(=O)OCCO. The predicted octanol–water partition coefficient (Wildman–Crippen LogP) is -3.23. The maximum Gasteiger partial charge on any atom is 0.333 e. The Bertz CT molecular complexity index is 495. The zero-order chi connectivity index (χ0) is 18.5. The van der Waals surface area contributed by atoms with Gasteiger partial charge in [0.05, 0.1) is 13.2 Å². The molecule has 1 aliphatic rings. The molecule has 1 aliphatic heterocycles. The van der Waals surface area contributed by atoms with E-state index in [0.29, 0.717) is 0 Å². The minimum absolute atomic E-state index is 0.124. The second-order valence-electron chi connectivity index (χ2n) is 5.44. The number of hydrogen-bond acceptors (Lipinski definition) is 9. The van der Waals surface area contributed by atoms with E-state index in [1.165, 1.54) is 6.92 Å². The number of hydrogen-bond donors (Lipinski definition) is 6. The van der Waals surface area contributed by atoms with Gasteiger partial charge < -0.3 is 40.3 Å². The molecule has 0 aliphatic carbocycles. The third kappa shape index (κ3) is 4.72. The van der Waals surface area contributed by atoms with Gasteiger partial charge in [-0.1, -0.05) is 0 Å². The van der Waals surface area contributed by atoms with E-state index in [1.54, 1.807) is 0 Å². The summed E-state index contributed by atoms with van der Waals surface area (Å²) in [5, 5.41) is 50.7. The first-order valence-corrected chi connectivity index (χ1v) is 7.28. The molecule has 0 aromatic rings. The minimum atomic E-state index is -2.37. The molecule has 0 spiro atoms. The van der Waals surface area contributed by atoms with E-state index in [4.69, 9.17) is 9.84 Å². The van der Waals surface area contributed by atoms with Gasteiger partial charge in [-0.25, -0.2) is 4.79 Å². The molecule has 0 aromatic heterocycles. The van der Waals surface area contributed by atoms with Gasteiger partial charge in [-0.3, -0.25) is 4.79 Å². The summed E-state index contributed by atoms with van der Waals surface area (Å²) in [6.07, 6.45) is -3.66. The van der Waals surface area contributed by atoms with Crippen LogP contribution in [-0.4, -0.2) is 87.4 Å². The summed E-state index contributed by atoms with van der Waals surface area (Å²) in [4.78, 5) is 23.0. The number of ether oxygens (including phenoxy) is 2. The second kappa shape index (κ2) is 8.51. The van der Waals surface area contributed by atoms with E-state index in [0.717, 1.165) is 13.0 Å². The van der Waals surface area contributed by atoms with Crippen molar-refractivity contribution in [3.8, 4) is 0 Å². The van der Waals surface area contributed by atoms with E-state index in [2.05, 4.69) is 10.1 Å². The molecule has 6 N–H and O–H groups in total. The Morgan fingerprint density at radius 2 is 1.88 bits per heavy atom. The Morgan fingerprint density at radius 3 is 2.38 bits per heavy atom. The van der Waals surface area contributed by atoms with Crippen molar-refractivity contribution >= 4 is 11.9 Å². The van der Waals surface area contributed by atoms with Gasteiger partial charge in [0.25, 0.3) is 0 Å². The quantitative estimate of drug-likeness (QED) is 0.213. The van der Waals surface area contributed by atoms with Crippen molar-refractivity contribution in [3.63, 3.8) is 0 Å². The molecule has 0 aromatic carbocycles. The van der Waals surface area contributed by atoms with Gasteiger partial charge in [0.1, 0.15) is 31.0 Å². The van der Waals surface area contributed by atoms with E-state index in [9.17, 15) is 30.0 Å². The Balaban J connectivity index is 3.14.